The summed E-state index contributed by atoms with van der Waals surface area (Å²) in [7, 11) is -5.16. The summed E-state index contributed by atoms with van der Waals surface area (Å²) in [6, 6.07) is 3.04. The molecule has 0 saturated carbocycles. The van der Waals surface area contributed by atoms with Gasteiger partial charge in [0.25, 0.3) is 0 Å². The van der Waals surface area contributed by atoms with Crippen molar-refractivity contribution in [2.45, 2.75) is 17.9 Å². The van der Waals surface area contributed by atoms with Crippen LogP contribution >= 0.6 is 0 Å². The van der Waals surface area contributed by atoms with Gasteiger partial charge in [-0.25, -0.2) is 17.5 Å². The summed E-state index contributed by atoms with van der Waals surface area (Å²) in [5, 5.41) is 0. The molecule has 0 aliphatic rings. The Morgan fingerprint density at radius 2 is 2.14 bits per heavy atom. The number of benzene rings is 1. The van der Waals surface area contributed by atoms with E-state index in [1.165, 1.54) is 12.3 Å². The largest absolute Gasteiger partial charge is 0.320 e. The third-order valence-corrected chi connectivity index (χ3v) is 4.99. The zero-order valence-corrected chi connectivity index (χ0v) is 13.4. The summed E-state index contributed by atoms with van der Waals surface area (Å²) in [5.74, 6) is 4.44. The van der Waals surface area contributed by atoms with Gasteiger partial charge in [0.05, 0.1) is 6.54 Å². The number of halogens is 1. The molecule has 1 aromatic rings. The average molecular weight is 332 g/mol. The molecular formula is C13H17FN2O3S2. The van der Waals surface area contributed by atoms with E-state index in [0.29, 0.717) is 5.56 Å². The smallest absolute Gasteiger partial charge is 0.243 e. The number of sulfonamides is 1. The van der Waals surface area contributed by atoms with Crippen molar-refractivity contribution in [3.05, 3.63) is 29.6 Å². The first-order valence-corrected chi connectivity index (χ1v) is 9.28. The molecule has 116 valence electrons. The molecule has 0 fully saturated rings. The van der Waals surface area contributed by atoms with E-state index in [1.54, 1.807) is 6.92 Å². The molecule has 21 heavy (non-hydrogen) atoms. The highest BCUT2D eigenvalue weighted by Gasteiger charge is 2.21. The maximum absolute atomic E-state index is 13.9. The van der Waals surface area contributed by atoms with Crippen LogP contribution in [-0.2, 0) is 20.8 Å². The topological polar surface area (TPSA) is 89.3 Å². The standard InChI is InChI=1S/C13H17FN2O3S2/c1-10(9-20(2)17)16-21(18,19)13-6-5-11(4-3-7-15)8-12(13)14/h5-6,8,10,16H,7,9,15H2,1-2H3. The van der Waals surface area contributed by atoms with Gasteiger partial charge in [0, 0.05) is 34.4 Å². The summed E-state index contributed by atoms with van der Waals surface area (Å²) in [4.78, 5) is -0.463. The highest BCUT2D eigenvalue weighted by molar-refractivity contribution is 7.89. The van der Waals surface area contributed by atoms with Crippen molar-refractivity contribution in [2.24, 2.45) is 5.73 Å². The van der Waals surface area contributed by atoms with E-state index < -0.39 is 37.6 Å². The molecule has 0 heterocycles. The molecule has 2 unspecified atom stereocenters. The molecule has 0 saturated heterocycles. The molecule has 0 bridgehead atoms. The molecule has 0 spiro atoms. The van der Waals surface area contributed by atoms with Crippen LogP contribution in [0.1, 0.15) is 12.5 Å². The van der Waals surface area contributed by atoms with E-state index in [0.717, 1.165) is 12.1 Å². The van der Waals surface area contributed by atoms with Crippen LogP contribution in [-0.4, -0.2) is 37.2 Å². The Hall–Kier alpha value is -1.27. The Morgan fingerprint density at radius 3 is 2.67 bits per heavy atom. The second kappa shape index (κ2) is 7.66. The van der Waals surface area contributed by atoms with Crippen molar-refractivity contribution < 1.29 is 17.0 Å². The minimum Gasteiger partial charge on any atom is -0.320 e. The lowest BCUT2D eigenvalue weighted by atomic mass is 10.2. The van der Waals surface area contributed by atoms with Gasteiger partial charge >= 0.3 is 0 Å². The van der Waals surface area contributed by atoms with E-state index in [9.17, 15) is 17.0 Å². The van der Waals surface area contributed by atoms with E-state index >= 15 is 0 Å². The molecule has 0 radical (unpaired) electrons. The fourth-order valence-corrected chi connectivity index (χ4v) is 3.86. The Bertz CT molecular complexity index is 693. The minimum absolute atomic E-state index is 0.134. The van der Waals surface area contributed by atoms with Gasteiger partial charge in [0.1, 0.15) is 10.7 Å². The number of hydrogen-bond acceptors (Lipinski definition) is 4. The molecule has 3 N–H and O–H groups in total. The van der Waals surface area contributed by atoms with E-state index in [2.05, 4.69) is 16.6 Å². The second-order valence-corrected chi connectivity index (χ2v) is 7.58. The summed E-state index contributed by atoms with van der Waals surface area (Å²) >= 11 is 0. The van der Waals surface area contributed by atoms with Gasteiger partial charge < -0.3 is 5.73 Å². The highest BCUT2D eigenvalue weighted by atomic mass is 32.2. The molecule has 5 nitrogen and oxygen atoms in total. The molecular weight excluding hydrogens is 315 g/mol. The molecule has 1 aromatic carbocycles. The first-order chi connectivity index (χ1) is 9.76. The lowest BCUT2D eigenvalue weighted by Gasteiger charge is -2.13. The summed E-state index contributed by atoms with van der Waals surface area (Å²) in [6.07, 6.45) is 1.47. The van der Waals surface area contributed by atoms with Crippen LogP contribution in [0.5, 0.6) is 0 Å². The van der Waals surface area contributed by atoms with E-state index in [1.807, 2.05) is 0 Å². The Morgan fingerprint density at radius 1 is 1.48 bits per heavy atom. The first-order valence-electron chi connectivity index (χ1n) is 6.07. The minimum atomic E-state index is -4.01. The Balaban J connectivity index is 3.01. The van der Waals surface area contributed by atoms with Gasteiger partial charge in [-0.1, -0.05) is 11.8 Å². The van der Waals surface area contributed by atoms with Crippen LogP contribution in [0.25, 0.3) is 0 Å². The lowest BCUT2D eigenvalue weighted by Crippen LogP contribution is -2.36. The summed E-state index contributed by atoms with van der Waals surface area (Å²) < 4.78 is 51.4. The third kappa shape index (κ3) is 5.55. The van der Waals surface area contributed by atoms with Gasteiger partial charge in [-0.2, -0.15) is 0 Å². The summed E-state index contributed by atoms with van der Waals surface area (Å²) in [5.41, 5.74) is 5.56. The highest BCUT2D eigenvalue weighted by Crippen LogP contribution is 2.16. The fraction of sp³-hybridized carbons (Fsp3) is 0.385. The first kappa shape index (κ1) is 17.8. The van der Waals surface area contributed by atoms with Crippen LogP contribution in [0, 0.1) is 17.7 Å². The van der Waals surface area contributed by atoms with Crippen molar-refractivity contribution in [3.63, 3.8) is 0 Å². The van der Waals surface area contributed by atoms with E-state index in [4.69, 9.17) is 5.73 Å². The number of hydrogen-bond donors (Lipinski definition) is 2. The number of nitrogens with one attached hydrogen (secondary N) is 1. The lowest BCUT2D eigenvalue weighted by molar-refractivity contribution is 0.549. The third-order valence-electron chi connectivity index (χ3n) is 2.40. The van der Waals surface area contributed by atoms with Crippen LogP contribution in [0.2, 0.25) is 0 Å². The molecule has 0 aromatic heterocycles. The van der Waals surface area contributed by atoms with Crippen molar-refractivity contribution in [2.75, 3.05) is 18.6 Å². The Kier molecular flexibility index (Phi) is 6.48. The zero-order valence-electron chi connectivity index (χ0n) is 11.7. The number of nitrogens with two attached hydrogens (primary N) is 1. The van der Waals surface area contributed by atoms with Crippen molar-refractivity contribution >= 4 is 20.8 Å². The predicted molar refractivity (Wildman–Crippen MR) is 81.0 cm³/mol. The second-order valence-electron chi connectivity index (χ2n) is 4.41. The van der Waals surface area contributed by atoms with Crippen molar-refractivity contribution in [1.82, 2.24) is 4.72 Å². The SMILES string of the molecule is CC(CS(C)=O)NS(=O)(=O)c1ccc(C#CCN)cc1F. The Labute approximate surface area is 126 Å². The number of rotatable bonds is 5. The normalized spacial score (nSPS) is 14.1. The van der Waals surface area contributed by atoms with Crippen LogP contribution in [0.3, 0.4) is 0 Å². The van der Waals surface area contributed by atoms with Crippen LogP contribution in [0.15, 0.2) is 23.1 Å². The quantitative estimate of drug-likeness (QED) is 0.753. The van der Waals surface area contributed by atoms with Gasteiger partial charge in [-0.05, 0) is 25.1 Å². The van der Waals surface area contributed by atoms with Gasteiger partial charge in [-0.15, -0.1) is 0 Å². The van der Waals surface area contributed by atoms with Crippen LogP contribution < -0.4 is 10.5 Å². The van der Waals surface area contributed by atoms with Gasteiger partial charge in [0.15, 0.2) is 0 Å². The molecule has 0 aliphatic heterocycles. The van der Waals surface area contributed by atoms with Crippen molar-refractivity contribution in [3.8, 4) is 11.8 Å². The molecule has 0 aliphatic carbocycles. The molecule has 0 amide bonds. The molecule has 1 rings (SSSR count). The molecule has 2 atom stereocenters. The monoisotopic (exact) mass is 332 g/mol. The van der Waals surface area contributed by atoms with Crippen molar-refractivity contribution in [1.29, 1.82) is 0 Å². The van der Waals surface area contributed by atoms with Crippen LogP contribution in [0.4, 0.5) is 4.39 Å². The zero-order chi connectivity index (χ0) is 16.0. The van der Waals surface area contributed by atoms with Gasteiger partial charge in [0.2, 0.25) is 10.0 Å². The van der Waals surface area contributed by atoms with Gasteiger partial charge in [-0.3, -0.25) is 4.21 Å². The maximum atomic E-state index is 13.9. The summed E-state index contributed by atoms with van der Waals surface area (Å²) in [6.45, 7) is 1.70. The average Bonchev–Trinajstić information content (AvgIpc) is 2.34. The maximum Gasteiger partial charge on any atom is 0.243 e. The predicted octanol–water partition coefficient (Wildman–Crippen LogP) is 0.181. The molecule has 8 heteroatoms. The van der Waals surface area contributed by atoms with E-state index in [-0.39, 0.29) is 12.3 Å². The fourth-order valence-electron chi connectivity index (χ4n) is 1.66.